The molecule has 0 radical (unpaired) electrons. The first-order valence-corrected chi connectivity index (χ1v) is 15.2. The van der Waals surface area contributed by atoms with Gasteiger partial charge in [0.25, 0.3) is 5.56 Å². The number of aromatic nitrogens is 1. The molecule has 0 aliphatic carbocycles. The van der Waals surface area contributed by atoms with E-state index >= 15 is 4.39 Å². The lowest BCUT2D eigenvalue weighted by atomic mass is 9.87. The molecule has 7 nitrogen and oxygen atoms in total. The Labute approximate surface area is 259 Å². The molecule has 8 heteroatoms. The summed E-state index contributed by atoms with van der Waals surface area (Å²) < 4.78 is 28.7. The zero-order valence-electron chi connectivity index (χ0n) is 27.2. The fourth-order valence-corrected chi connectivity index (χ4v) is 5.81. The lowest BCUT2D eigenvalue weighted by Gasteiger charge is -2.30. The minimum atomic E-state index is -1.49. The number of hydrogen-bond acceptors (Lipinski definition) is 5. The van der Waals surface area contributed by atoms with Crippen LogP contribution in [0.25, 0.3) is 27.5 Å². The number of aliphatic carboxylic acids is 1. The van der Waals surface area contributed by atoms with Crippen molar-refractivity contribution in [1.29, 1.82) is 0 Å². The van der Waals surface area contributed by atoms with Gasteiger partial charge in [-0.1, -0.05) is 38.6 Å². The summed E-state index contributed by atoms with van der Waals surface area (Å²) in [5.74, 6) is -0.962. The van der Waals surface area contributed by atoms with Crippen molar-refractivity contribution < 1.29 is 23.8 Å². The molecule has 0 amide bonds. The van der Waals surface area contributed by atoms with Crippen LogP contribution in [0.2, 0.25) is 0 Å². The highest BCUT2D eigenvalue weighted by atomic mass is 19.1. The maximum absolute atomic E-state index is 15.6. The van der Waals surface area contributed by atoms with Crippen molar-refractivity contribution in [1.82, 2.24) is 9.47 Å². The van der Waals surface area contributed by atoms with E-state index in [4.69, 9.17) is 9.47 Å². The first-order chi connectivity index (χ1) is 20.6. The monoisotopic (exact) mass is 604 g/mol. The van der Waals surface area contributed by atoms with Gasteiger partial charge in [-0.3, -0.25) is 4.79 Å². The van der Waals surface area contributed by atoms with Crippen LogP contribution in [0.15, 0.2) is 47.9 Å². The number of carboxylic acid groups (broad SMARTS) is 1. The number of halogens is 1. The van der Waals surface area contributed by atoms with Crippen molar-refractivity contribution in [2.24, 2.45) is 13.0 Å². The van der Waals surface area contributed by atoms with E-state index in [1.165, 1.54) is 10.6 Å². The third-order valence-electron chi connectivity index (χ3n) is 8.06. The Morgan fingerprint density at radius 3 is 2.57 bits per heavy atom. The largest absolute Gasteiger partial charge is 0.490 e. The topological polar surface area (TPSA) is 81.0 Å². The number of fused-ring (bicyclic) bond motifs is 2. The van der Waals surface area contributed by atoms with Gasteiger partial charge >= 0.3 is 5.97 Å². The number of benzene rings is 2. The second kappa shape index (κ2) is 13.0. The average Bonchev–Trinajstić information content (AvgIpc) is 2.96. The first-order valence-electron chi connectivity index (χ1n) is 15.2. The molecule has 1 N–H and O–H groups in total. The molecule has 2 aromatic carbocycles. The van der Waals surface area contributed by atoms with Crippen molar-refractivity contribution in [2.45, 2.75) is 72.5 Å². The minimum absolute atomic E-state index is 0.157. The predicted molar refractivity (Wildman–Crippen MR) is 175 cm³/mol. The Kier molecular flexibility index (Phi) is 9.74. The molecule has 4 rings (SSSR count). The number of pyridine rings is 1. The number of nitrogens with zero attached hydrogens (tertiary/aromatic N) is 2. The van der Waals surface area contributed by atoms with E-state index in [0.717, 1.165) is 41.6 Å². The quantitative estimate of drug-likeness (QED) is 0.243. The van der Waals surface area contributed by atoms with Gasteiger partial charge in [0.2, 0.25) is 0 Å². The molecule has 0 saturated heterocycles. The van der Waals surface area contributed by atoms with E-state index in [0.29, 0.717) is 40.8 Å². The van der Waals surface area contributed by atoms with Gasteiger partial charge < -0.3 is 24.0 Å². The number of allylic oxidation sites excluding steroid dienone is 2. The summed E-state index contributed by atoms with van der Waals surface area (Å²) in [5, 5.41) is 11.3. The van der Waals surface area contributed by atoms with Crippen LogP contribution in [0, 0.1) is 18.7 Å². The lowest BCUT2D eigenvalue weighted by Crippen LogP contribution is -2.33. The van der Waals surface area contributed by atoms with Gasteiger partial charge in [0, 0.05) is 43.4 Å². The van der Waals surface area contributed by atoms with Crippen molar-refractivity contribution >= 4 is 22.3 Å². The van der Waals surface area contributed by atoms with Crippen molar-refractivity contribution in [2.75, 3.05) is 20.2 Å². The minimum Gasteiger partial charge on any atom is -0.490 e. The molecule has 44 heavy (non-hydrogen) atoms. The average molecular weight is 605 g/mol. The highest BCUT2D eigenvalue weighted by Crippen LogP contribution is 2.43. The van der Waals surface area contributed by atoms with Crippen LogP contribution in [-0.4, -0.2) is 46.3 Å². The summed E-state index contributed by atoms with van der Waals surface area (Å²) in [4.78, 5) is 28.9. The number of ether oxygens (including phenoxy) is 2. The number of hydrogen-bond donors (Lipinski definition) is 1. The summed E-state index contributed by atoms with van der Waals surface area (Å²) in [5.41, 5.74) is 3.07. The summed E-state index contributed by atoms with van der Waals surface area (Å²) in [6.07, 6.45) is 4.69. The van der Waals surface area contributed by atoms with Gasteiger partial charge in [0.05, 0.1) is 17.9 Å². The SMILES string of the molecule is C=C/C(=C\N(C)CCC(C)C)c1ccc2c(-c3cc(F)c4c(c3C)CCCO4)c([C@H](OC(C)(C)C)C(=O)O)n(C)c(=O)c2c1. The zero-order chi connectivity index (χ0) is 32.5. The van der Waals surface area contributed by atoms with Gasteiger partial charge in [-0.05, 0) is 92.7 Å². The first kappa shape index (κ1) is 33.0. The van der Waals surface area contributed by atoms with Gasteiger partial charge in [-0.25, -0.2) is 9.18 Å². The van der Waals surface area contributed by atoms with Crippen LogP contribution in [0.4, 0.5) is 4.39 Å². The number of carboxylic acids is 1. The van der Waals surface area contributed by atoms with Crippen LogP contribution in [0.1, 0.15) is 75.9 Å². The molecule has 0 spiro atoms. The lowest BCUT2D eigenvalue weighted by molar-refractivity contribution is -0.161. The third-order valence-corrected chi connectivity index (χ3v) is 8.06. The number of rotatable bonds is 10. The van der Waals surface area contributed by atoms with E-state index in [9.17, 15) is 14.7 Å². The summed E-state index contributed by atoms with van der Waals surface area (Å²) in [7, 11) is 3.56. The van der Waals surface area contributed by atoms with Crippen LogP contribution in [0.5, 0.6) is 5.75 Å². The zero-order valence-corrected chi connectivity index (χ0v) is 27.2. The maximum Gasteiger partial charge on any atom is 0.339 e. The normalized spacial score (nSPS) is 14.4. The molecule has 0 bridgehead atoms. The molecular formula is C36H45FN2O5. The molecule has 0 saturated carbocycles. The van der Waals surface area contributed by atoms with Crippen LogP contribution in [-0.2, 0) is 23.0 Å². The van der Waals surface area contributed by atoms with E-state index < -0.39 is 23.5 Å². The van der Waals surface area contributed by atoms with Crippen LogP contribution in [0.3, 0.4) is 0 Å². The van der Waals surface area contributed by atoms with E-state index in [1.807, 2.05) is 38.4 Å². The van der Waals surface area contributed by atoms with Crippen molar-refractivity contribution in [3.63, 3.8) is 0 Å². The van der Waals surface area contributed by atoms with Crippen LogP contribution >= 0.6 is 0 Å². The summed E-state index contributed by atoms with van der Waals surface area (Å²) in [6, 6.07) is 6.92. The third kappa shape index (κ3) is 6.75. The predicted octanol–water partition coefficient (Wildman–Crippen LogP) is 7.42. The van der Waals surface area contributed by atoms with E-state index in [2.05, 4.69) is 25.3 Å². The summed E-state index contributed by atoms with van der Waals surface area (Å²) in [6.45, 7) is 16.9. The molecule has 1 atom stereocenters. The van der Waals surface area contributed by atoms with Gasteiger partial charge in [-0.2, -0.15) is 0 Å². The van der Waals surface area contributed by atoms with Gasteiger partial charge in [0.15, 0.2) is 17.7 Å². The van der Waals surface area contributed by atoms with Gasteiger partial charge in [-0.15, -0.1) is 0 Å². The second-order valence-corrected chi connectivity index (χ2v) is 13.1. The van der Waals surface area contributed by atoms with E-state index in [1.54, 1.807) is 33.9 Å². The molecule has 236 valence electrons. The maximum atomic E-state index is 15.6. The van der Waals surface area contributed by atoms with E-state index in [-0.39, 0.29) is 17.0 Å². The Hall–Kier alpha value is -3.91. The second-order valence-electron chi connectivity index (χ2n) is 13.1. The van der Waals surface area contributed by atoms with Gasteiger partial charge in [0.1, 0.15) is 0 Å². The molecule has 2 heterocycles. The molecule has 0 fully saturated rings. The Bertz CT molecular complexity index is 1680. The number of carbonyl (C=O) groups is 1. The fraction of sp³-hybridized carbons (Fsp3) is 0.444. The molecule has 1 aliphatic heterocycles. The smallest absolute Gasteiger partial charge is 0.339 e. The fourth-order valence-electron chi connectivity index (χ4n) is 5.81. The molecule has 1 aromatic heterocycles. The van der Waals surface area contributed by atoms with Crippen molar-refractivity contribution in [3.8, 4) is 16.9 Å². The summed E-state index contributed by atoms with van der Waals surface area (Å²) >= 11 is 0. The van der Waals surface area contributed by atoms with Crippen molar-refractivity contribution in [3.05, 3.63) is 81.7 Å². The highest BCUT2D eigenvalue weighted by molar-refractivity contribution is 6.01. The van der Waals surface area contributed by atoms with Crippen LogP contribution < -0.4 is 10.3 Å². The molecular weight excluding hydrogens is 559 g/mol. The molecule has 3 aromatic rings. The highest BCUT2D eigenvalue weighted by Gasteiger charge is 2.34. The Morgan fingerprint density at radius 2 is 1.95 bits per heavy atom. The standard InChI is InChI=1S/C36H45FN2O5/c1-10-23(20-38(8)16-15-21(2)3)24-13-14-26-28(18-24)34(40)39(9)31(33(35(41)42)44-36(5,6)7)30(26)27-19-29(37)32-25(22(27)4)12-11-17-43-32/h10,13-14,18-21,33H,1,11-12,15-17H2,2-9H3,(H,41,42)/b23-20+/t33-/m0/s1. The molecule has 1 aliphatic rings. The Balaban J connectivity index is 2.07. The Morgan fingerprint density at radius 1 is 1.25 bits per heavy atom. The molecule has 0 unspecified atom stereocenters.